The Morgan fingerprint density at radius 1 is 1.43 bits per heavy atom. The number of urea groups is 1. The van der Waals surface area contributed by atoms with Gasteiger partial charge in [0, 0.05) is 37.4 Å². The highest BCUT2D eigenvalue weighted by molar-refractivity contribution is 6.30. The van der Waals surface area contributed by atoms with Crippen LogP contribution in [0.5, 0.6) is 0 Å². The number of hydrogen-bond donors (Lipinski definition) is 2. The molecule has 23 heavy (non-hydrogen) atoms. The lowest BCUT2D eigenvalue weighted by atomic mass is 10.2. The summed E-state index contributed by atoms with van der Waals surface area (Å²) in [5.74, 6) is -0.431. The van der Waals surface area contributed by atoms with Gasteiger partial charge in [0.15, 0.2) is 0 Å². The summed E-state index contributed by atoms with van der Waals surface area (Å²) in [5.41, 5.74) is 0.776. The topological polar surface area (TPSA) is 55.8 Å². The summed E-state index contributed by atoms with van der Waals surface area (Å²) in [4.78, 5) is 16.1. The molecule has 2 aliphatic rings. The first-order valence-corrected chi connectivity index (χ1v) is 8.34. The van der Waals surface area contributed by atoms with Crippen LogP contribution in [-0.4, -0.2) is 54.4 Å². The van der Waals surface area contributed by atoms with Crippen molar-refractivity contribution >= 4 is 23.3 Å². The minimum atomic E-state index is -0.431. The number of aliphatic hydroxyl groups is 1. The number of halogens is 2. The van der Waals surface area contributed by atoms with Gasteiger partial charge >= 0.3 is 6.03 Å². The number of carbonyl (C=O) groups is 1. The lowest BCUT2D eigenvalue weighted by Gasteiger charge is -2.24. The predicted molar refractivity (Wildman–Crippen MR) is 87.4 cm³/mol. The van der Waals surface area contributed by atoms with Crippen molar-refractivity contribution < 1.29 is 14.3 Å². The molecule has 1 aromatic carbocycles. The van der Waals surface area contributed by atoms with Crippen LogP contribution in [0.2, 0.25) is 5.02 Å². The summed E-state index contributed by atoms with van der Waals surface area (Å²) in [6.07, 6.45) is 2.83. The Bertz CT molecular complexity index is 582. The van der Waals surface area contributed by atoms with Crippen molar-refractivity contribution in [1.82, 2.24) is 10.2 Å². The zero-order valence-electron chi connectivity index (χ0n) is 12.8. The van der Waals surface area contributed by atoms with E-state index in [1.54, 1.807) is 17.0 Å². The summed E-state index contributed by atoms with van der Waals surface area (Å²) in [6, 6.07) is 4.95. The number of anilines is 1. The lowest BCUT2D eigenvalue weighted by molar-refractivity contribution is 0.171. The van der Waals surface area contributed by atoms with Gasteiger partial charge in [-0.1, -0.05) is 11.6 Å². The number of carbonyl (C=O) groups excluding carboxylic acids is 1. The van der Waals surface area contributed by atoms with E-state index in [-0.39, 0.29) is 29.7 Å². The van der Waals surface area contributed by atoms with Crippen molar-refractivity contribution in [3.05, 3.63) is 29.0 Å². The van der Waals surface area contributed by atoms with E-state index in [0.29, 0.717) is 13.1 Å². The molecule has 0 spiro atoms. The quantitative estimate of drug-likeness (QED) is 0.863. The maximum Gasteiger partial charge on any atom is 0.318 e. The zero-order valence-corrected chi connectivity index (χ0v) is 13.6. The van der Waals surface area contributed by atoms with E-state index in [2.05, 4.69) is 5.32 Å². The van der Waals surface area contributed by atoms with Gasteiger partial charge in [0.25, 0.3) is 0 Å². The predicted octanol–water partition coefficient (Wildman–Crippen LogP) is 2.22. The van der Waals surface area contributed by atoms with Gasteiger partial charge in [-0.25, -0.2) is 9.18 Å². The van der Waals surface area contributed by atoms with Gasteiger partial charge in [-0.15, -0.1) is 0 Å². The van der Waals surface area contributed by atoms with Gasteiger partial charge in [0.2, 0.25) is 0 Å². The summed E-state index contributed by atoms with van der Waals surface area (Å²) in [7, 11) is 0. The number of aliphatic hydroxyl groups excluding tert-OH is 1. The fourth-order valence-electron chi connectivity index (χ4n) is 3.00. The molecule has 0 radical (unpaired) electrons. The van der Waals surface area contributed by atoms with Crippen LogP contribution < -0.4 is 10.2 Å². The normalized spacial score (nSPS) is 20.7. The molecular weight excluding hydrogens is 321 g/mol. The molecule has 7 heteroatoms. The van der Waals surface area contributed by atoms with Crippen LogP contribution in [0, 0.1) is 5.82 Å². The van der Waals surface area contributed by atoms with Gasteiger partial charge in [-0.2, -0.15) is 0 Å². The summed E-state index contributed by atoms with van der Waals surface area (Å²) in [5, 5.41) is 12.2. The Kier molecular flexibility index (Phi) is 4.92. The molecule has 3 rings (SSSR count). The molecule has 1 saturated carbocycles. The monoisotopic (exact) mass is 341 g/mol. The summed E-state index contributed by atoms with van der Waals surface area (Å²) < 4.78 is 13.6. The van der Waals surface area contributed by atoms with E-state index in [1.807, 2.05) is 4.90 Å². The molecule has 1 aromatic rings. The average Bonchev–Trinajstić information content (AvgIpc) is 3.26. The highest BCUT2D eigenvalue weighted by Gasteiger charge is 2.34. The summed E-state index contributed by atoms with van der Waals surface area (Å²) in [6.45, 7) is 1.75. The highest BCUT2D eigenvalue weighted by Crippen LogP contribution is 2.27. The smallest absolute Gasteiger partial charge is 0.318 e. The molecule has 1 aliphatic heterocycles. The van der Waals surface area contributed by atoms with Crippen molar-refractivity contribution in [2.24, 2.45) is 0 Å². The number of amides is 2. The van der Waals surface area contributed by atoms with E-state index in [4.69, 9.17) is 16.7 Å². The molecule has 0 bridgehead atoms. The van der Waals surface area contributed by atoms with Gasteiger partial charge < -0.3 is 20.2 Å². The molecule has 126 valence electrons. The average molecular weight is 342 g/mol. The standard InChI is InChI=1S/C16H21ClFN3O2/c17-14-4-3-13(9-15(14)18)20-6-5-11(10-20)19-16(23)21(7-8-22)12-1-2-12/h3-4,9,11-12,22H,1-2,5-8,10H2,(H,19,23). The number of hydrogen-bond acceptors (Lipinski definition) is 3. The zero-order chi connectivity index (χ0) is 16.4. The van der Waals surface area contributed by atoms with Crippen LogP contribution in [0.4, 0.5) is 14.9 Å². The molecule has 2 fully saturated rings. The first-order valence-electron chi connectivity index (χ1n) is 7.96. The third kappa shape index (κ3) is 3.87. The Labute approximate surface area is 140 Å². The van der Waals surface area contributed by atoms with E-state index in [0.717, 1.165) is 31.5 Å². The van der Waals surface area contributed by atoms with Gasteiger partial charge in [-0.05, 0) is 37.5 Å². The number of benzene rings is 1. The van der Waals surface area contributed by atoms with Crippen molar-refractivity contribution in [2.75, 3.05) is 31.1 Å². The first-order chi connectivity index (χ1) is 11.1. The van der Waals surface area contributed by atoms with Crippen molar-refractivity contribution in [2.45, 2.75) is 31.3 Å². The molecule has 1 heterocycles. The third-order valence-electron chi connectivity index (χ3n) is 4.37. The SMILES string of the molecule is O=C(NC1CCN(c2ccc(Cl)c(F)c2)C1)N(CCO)C1CC1. The second kappa shape index (κ2) is 6.93. The molecule has 1 atom stereocenters. The van der Waals surface area contributed by atoms with Crippen LogP contribution in [0.1, 0.15) is 19.3 Å². The van der Waals surface area contributed by atoms with Gasteiger partial charge in [0.1, 0.15) is 5.82 Å². The fourth-order valence-corrected chi connectivity index (χ4v) is 3.11. The molecular formula is C16H21ClFN3O2. The molecule has 2 amide bonds. The number of rotatable bonds is 5. The molecule has 1 aliphatic carbocycles. The van der Waals surface area contributed by atoms with Crippen LogP contribution >= 0.6 is 11.6 Å². The van der Waals surface area contributed by atoms with E-state index in [9.17, 15) is 9.18 Å². The third-order valence-corrected chi connectivity index (χ3v) is 4.68. The largest absolute Gasteiger partial charge is 0.395 e. The Hall–Kier alpha value is -1.53. The van der Waals surface area contributed by atoms with E-state index < -0.39 is 5.82 Å². The molecule has 1 saturated heterocycles. The molecule has 1 unspecified atom stereocenters. The van der Waals surface area contributed by atoms with Crippen LogP contribution in [-0.2, 0) is 0 Å². The Morgan fingerprint density at radius 2 is 2.22 bits per heavy atom. The maximum atomic E-state index is 13.6. The van der Waals surface area contributed by atoms with Crippen LogP contribution in [0.3, 0.4) is 0 Å². The number of nitrogens with one attached hydrogen (secondary N) is 1. The van der Waals surface area contributed by atoms with Crippen LogP contribution in [0.15, 0.2) is 18.2 Å². The summed E-state index contributed by atoms with van der Waals surface area (Å²) >= 11 is 5.71. The fraction of sp³-hybridized carbons (Fsp3) is 0.562. The Balaban J connectivity index is 1.56. The highest BCUT2D eigenvalue weighted by atomic mass is 35.5. The molecule has 5 nitrogen and oxygen atoms in total. The maximum absolute atomic E-state index is 13.6. The molecule has 0 aromatic heterocycles. The molecule has 2 N–H and O–H groups in total. The van der Waals surface area contributed by atoms with Gasteiger partial charge in [-0.3, -0.25) is 0 Å². The van der Waals surface area contributed by atoms with Gasteiger partial charge in [0.05, 0.1) is 11.6 Å². The minimum Gasteiger partial charge on any atom is -0.395 e. The second-order valence-electron chi connectivity index (χ2n) is 6.13. The van der Waals surface area contributed by atoms with Crippen molar-refractivity contribution in [3.8, 4) is 0 Å². The minimum absolute atomic E-state index is 0.0231. The van der Waals surface area contributed by atoms with E-state index in [1.165, 1.54) is 6.07 Å². The van der Waals surface area contributed by atoms with E-state index >= 15 is 0 Å². The Morgan fingerprint density at radius 3 is 2.87 bits per heavy atom. The van der Waals surface area contributed by atoms with Crippen LogP contribution in [0.25, 0.3) is 0 Å². The first kappa shape index (κ1) is 16.3. The lowest BCUT2D eigenvalue weighted by Crippen LogP contribution is -2.47. The van der Waals surface area contributed by atoms with Crippen molar-refractivity contribution in [3.63, 3.8) is 0 Å². The number of nitrogens with zero attached hydrogens (tertiary/aromatic N) is 2. The van der Waals surface area contributed by atoms with Crippen molar-refractivity contribution in [1.29, 1.82) is 0 Å². The second-order valence-corrected chi connectivity index (χ2v) is 6.53.